The third-order valence-corrected chi connectivity index (χ3v) is 4.68. The van der Waals surface area contributed by atoms with Crippen LogP contribution in [0.4, 0.5) is 0 Å². The van der Waals surface area contributed by atoms with Crippen molar-refractivity contribution in [1.82, 2.24) is 4.90 Å². The normalized spacial score (nSPS) is 15.0. The van der Waals surface area contributed by atoms with E-state index >= 15 is 0 Å². The van der Waals surface area contributed by atoms with Gasteiger partial charge in [-0.2, -0.15) is 0 Å². The molecule has 0 bridgehead atoms. The number of hydrogen-bond acceptors (Lipinski definition) is 4. The summed E-state index contributed by atoms with van der Waals surface area (Å²) in [6.45, 7) is 2.24. The number of carbonyl (C=O) groups is 1. The van der Waals surface area contributed by atoms with Crippen LogP contribution in [0, 0.1) is 6.92 Å². The lowest BCUT2D eigenvalue weighted by Crippen LogP contribution is -2.12. The van der Waals surface area contributed by atoms with E-state index in [9.17, 15) is 9.90 Å². The van der Waals surface area contributed by atoms with E-state index in [-0.39, 0.29) is 17.3 Å². The zero-order valence-corrected chi connectivity index (χ0v) is 15.6. The fraction of sp³-hybridized carbons (Fsp3) is 0.211. The molecule has 130 valence electrons. The van der Waals surface area contributed by atoms with E-state index in [1.54, 1.807) is 37.3 Å². The second-order valence-corrected chi connectivity index (χ2v) is 7.06. The van der Waals surface area contributed by atoms with Gasteiger partial charge in [-0.15, -0.1) is 0 Å². The van der Waals surface area contributed by atoms with Gasteiger partial charge in [-0.25, -0.2) is 0 Å². The van der Waals surface area contributed by atoms with Crippen LogP contribution >= 0.6 is 23.2 Å². The van der Waals surface area contributed by atoms with Crippen LogP contribution in [0.25, 0.3) is 6.08 Å². The highest BCUT2D eigenvalue weighted by Crippen LogP contribution is 2.42. The van der Waals surface area contributed by atoms with E-state index < -0.39 is 0 Å². The fourth-order valence-corrected chi connectivity index (χ4v) is 3.11. The third kappa shape index (κ3) is 3.38. The quantitative estimate of drug-likeness (QED) is 0.788. The molecule has 0 amide bonds. The number of nitrogens with zero attached hydrogens (tertiary/aromatic N) is 1. The van der Waals surface area contributed by atoms with Crippen molar-refractivity contribution in [3.8, 4) is 11.5 Å². The number of hydrogen-bond donors (Lipinski definition) is 1. The Balaban J connectivity index is 2.07. The van der Waals surface area contributed by atoms with Crippen LogP contribution in [0.2, 0.25) is 10.0 Å². The zero-order valence-electron chi connectivity index (χ0n) is 14.1. The Labute approximate surface area is 156 Å². The number of benzene rings is 2. The third-order valence-electron chi connectivity index (χ3n) is 3.94. The van der Waals surface area contributed by atoms with E-state index in [0.717, 1.165) is 0 Å². The monoisotopic (exact) mass is 377 g/mol. The van der Waals surface area contributed by atoms with Crippen molar-refractivity contribution < 1.29 is 14.6 Å². The molecule has 0 aliphatic carbocycles. The minimum atomic E-state index is -0.210. The maximum atomic E-state index is 12.8. The van der Waals surface area contributed by atoms with Crippen molar-refractivity contribution in [3.63, 3.8) is 0 Å². The smallest absolute Gasteiger partial charge is 0.232 e. The molecule has 1 aliphatic rings. The maximum Gasteiger partial charge on any atom is 0.232 e. The molecular formula is C19H17Cl2NO3. The highest BCUT2D eigenvalue weighted by atomic mass is 35.5. The molecule has 0 spiro atoms. The zero-order chi connectivity index (χ0) is 18.3. The van der Waals surface area contributed by atoms with Gasteiger partial charge in [0, 0.05) is 6.54 Å². The SMILES string of the molecule is Cc1cc(O)c(CN(C)C)c2c1C(=O)/C(=C/c1ccc(Cl)c(Cl)c1)O2. The molecule has 0 aromatic heterocycles. The topological polar surface area (TPSA) is 49.8 Å². The summed E-state index contributed by atoms with van der Waals surface area (Å²) in [5.41, 5.74) is 2.47. The lowest BCUT2D eigenvalue weighted by Gasteiger charge is -2.15. The van der Waals surface area contributed by atoms with Crippen molar-refractivity contribution in [2.45, 2.75) is 13.5 Å². The number of aryl methyl sites for hydroxylation is 1. The van der Waals surface area contributed by atoms with Crippen LogP contribution in [0.15, 0.2) is 30.0 Å². The Morgan fingerprint density at radius 2 is 1.92 bits per heavy atom. The summed E-state index contributed by atoms with van der Waals surface area (Å²) in [5, 5.41) is 11.1. The number of ketones is 1. The van der Waals surface area contributed by atoms with Crippen LogP contribution in [0.3, 0.4) is 0 Å². The highest BCUT2D eigenvalue weighted by molar-refractivity contribution is 6.42. The Kier molecular flexibility index (Phi) is 4.78. The first-order chi connectivity index (χ1) is 11.8. The molecule has 3 rings (SSSR count). The van der Waals surface area contributed by atoms with Crippen LogP contribution < -0.4 is 4.74 Å². The molecule has 2 aromatic carbocycles. The number of fused-ring (bicyclic) bond motifs is 1. The lowest BCUT2D eigenvalue weighted by molar-refractivity contribution is 0.101. The Bertz CT molecular complexity index is 904. The summed E-state index contributed by atoms with van der Waals surface area (Å²) in [4.78, 5) is 14.7. The molecule has 25 heavy (non-hydrogen) atoms. The van der Waals surface area contributed by atoms with Crippen LogP contribution in [-0.4, -0.2) is 29.9 Å². The van der Waals surface area contributed by atoms with E-state index in [1.807, 2.05) is 19.0 Å². The number of Topliss-reactive ketones (excluding diaryl/α,β-unsaturated/α-hetero) is 1. The van der Waals surface area contributed by atoms with Crippen molar-refractivity contribution in [2.75, 3.05) is 14.1 Å². The predicted molar refractivity (Wildman–Crippen MR) is 99.6 cm³/mol. The maximum absolute atomic E-state index is 12.8. The van der Waals surface area contributed by atoms with E-state index in [0.29, 0.717) is 44.6 Å². The molecule has 1 N–H and O–H groups in total. The summed E-state index contributed by atoms with van der Waals surface area (Å²) in [6, 6.07) is 6.69. The van der Waals surface area contributed by atoms with Gasteiger partial charge in [0.25, 0.3) is 0 Å². The summed E-state index contributed by atoms with van der Waals surface area (Å²) in [7, 11) is 3.77. The Hall–Kier alpha value is -2.01. The highest BCUT2D eigenvalue weighted by Gasteiger charge is 2.33. The Morgan fingerprint density at radius 3 is 2.56 bits per heavy atom. The average molecular weight is 378 g/mol. The van der Waals surface area contributed by atoms with Gasteiger partial charge in [0.05, 0.1) is 21.2 Å². The summed E-state index contributed by atoms with van der Waals surface area (Å²) < 4.78 is 5.84. The van der Waals surface area contributed by atoms with Crippen LogP contribution in [-0.2, 0) is 6.54 Å². The van der Waals surface area contributed by atoms with Gasteiger partial charge in [-0.1, -0.05) is 29.3 Å². The number of aromatic hydroxyl groups is 1. The Morgan fingerprint density at radius 1 is 1.20 bits per heavy atom. The second kappa shape index (κ2) is 6.71. The number of carbonyl (C=O) groups excluding carboxylic acids is 1. The number of halogens is 2. The molecule has 0 saturated heterocycles. The minimum Gasteiger partial charge on any atom is -0.507 e. The van der Waals surface area contributed by atoms with Gasteiger partial charge in [-0.3, -0.25) is 4.79 Å². The van der Waals surface area contributed by atoms with Crippen molar-refractivity contribution in [1.29, 1.82) is 0 Å². The number of phenolic OH excluding ortho intramolecular Hbond substituents is 1. The van der Waals surface area contributed by atoms with Gasteiger partial charge >= 0.3 is 0 Å². The molecule has 6 heteroatoms. The largest absolute Gasteiger partial charge is 0.507 e. The van der Waals surface area contributed by atoms with Gasteiger partial charge in [0.1, 0.15) is 11.5 Å². The molecule has 0 unspecified atom stereocenters. The van der Waals surface area contributed by atoms with Gasteiger partial charge in [0.15, 0.2) is 5.76 Å². The second-order valence-electron chi connectivity index (χ2n) is 6.25. The lowest BCUT2D eigenvalue weighted by atomic mass is 9.99. The molecule has 0 atom stereocenters. The van der Waals surface area contributed by atoms with Gasteiger partial charge < -0.3 is 14.7 Å². The summed E-state index contributed by atoms with van der Waals surface area (Å²) >= 11 is 12.0. The molecule has 0 fully saturated rings. The summed E-state index contributed by atoms with van der Waals surface area (Å²) in [6.07, 6.45) is 1.63. The minimum absolute atomic E-state index is 0.119. The van der Waals surface area contributed by atoms with Crippen LogP contribution in [0.5, 0.6) is 11.5 Å². The average Bonchev–Trinajstić information content (AvgIpc) is 2.84. The predicted octanol–water partition coefficient (Wildman–Crippen LogP) is 4.69. The van der Waals surface area contributed by atoms with Crippen molar-refractivity contribution in [3.05, 3.63) is 62.3 Å². The molecule has 1 heterocycles. The number of phenols is 1. The number of allylic oxidation sites excluding steroid dienone is 1. The van der Waals surface area contributed by atoms with Crippen molar-refractivity contribution in [2.24, 2.45) is 0 Å². The molecule has 1 aliphatic heterocycles. The number of ether oxygens (including phenoxy) is 1. The standard InChI is InChI=1S/C19H17Cl2NO3/c1-10-6-15(23)12(9-22(2)3)19-17(10)18(24)16(25-19)8-11-4-5-13(20)14(21)7-11/h4-8,23H,9H2,1-3H3/b16-8-. The summed E-state index contributed by atoms with van der Waals surface area (Å²) in [5.74, 6) is 0.525. The fourth-order valence-electron chi connectivity index (χ4n) is 2.80. The van der Waals surface area contributed by atoms with Gasteiger partial charge in [0.2, 0.25) is 5.78 Å². The molecule has 2 aromatic rings. The first-order valence-corrected chi connectivity index (χ1v) is 8.43. The molecule has 0 radical (unpaired) electrons. The first kappa shape index (κ1) is 17.8. The molecule has 4 nitrogen and oxygen atoms in total. The number of rotatable bonds is 3. The first-order valence-electron chi connectivity index (χ1n) is 7.67. The van der Waals surface area contributed by atoms with Crippen LogP contribution in [0.1, 0.15) is 27.0 Å². The van der Waals surface area contributed by atoms with E-state index in [1.165, 1.54) is 0 Å². The van der Waals surface area contributed by atoms with Gasteiger partial charge in [-0.05, 0) is 56.4 Å². The van der Waals surface area contributed by atoms with E-state index in [2.05, 4.69) is 0 Å². The molecule has 0 saturated carbocycles. The molecular weight excluding hydrogens is 361 g/mol. The van der Waals surface area contributed by atoms with Crippen molar-refractivity contribution >= 4 is 35.1 Å². The van der Waals surface area contributed by atoms with E-state index in [4.69, 9.17) is 27.9 Å².